The monoisotopic (exact) mass is 287 g/mol. The van der Waals surface area contributed by atoms with Gasteiger partial charge in [-0.05, 0) is 38.2 Å². The zero-order valence-electron chi connectivity index (χ0n) is 11.7. The highest BCUT2D eigenvalue weighted by Gasteiger charge is 2.31. The van der Waals surface area contributed by atoms with Gasteiger partial charge in [-0.25, -0.2) is 0 Å². The number of nitrogens with two attached hydrogens (primary N) is 1. The summed E-state index contributed by atoms with van der Waals surface area (Å²) in [7, 11) is 4.08. The van der Waals surface area contributed by atoms with E-state index in [1.807, 2.05) is 14.1 Å². The number of hydrogen-bond acceptors (Lipinski definition) is 3. The molecule has 6 heteroatoms. The Kier molecular flexibility index (Phi) is 4.25. The number of anilines is 1. The molecule has 0 spiro atoms. The van der Waals surface area contributed by atoms with Crippen molar-refractivity contribution in [2.45, 2.75) is 25.2 Å². The molecule has 1 fully saturated rings. The molecule has 1 aliphatic rings. The van der Waals surface area contributed by atoms with Crippen molar-refractivity contribution in [2.75, 3.05) is 32.9 Å². The molecule has 0 radical (unpaired) electrons. The third kappa shape index (κ3) is 3.43. The van der Waals surface area contributed by atoms with Gasteiger partial charge in [0.2, 0.25) is 0 Å². The predicted molar refractivity (Wildman–Crippen MR) is 73.2 cm³/mol. The molecule has 1 aliphatic heterocycles. The molecule has 0 aromatic heterocycles. The summed E-state index contributed by atoms with van der Waals surface area (Å²) in [6, 6.07) is 4.12. The predicted octanol–water partition coefficient (Wildman–Crippen LogP) is 2.42. The molecule has 1 aromatic rings. The largest absolute Gasteiger partial charge is 0.416 e. The molecule has 20 heavy (non-hydrogen) atoms. The van der Waals surface area contributed by atoms with Gasteiger partial charge in [0.15, 0.2) is 0 Å². The third-order valence-electron chi connectivity index (χ3n) is 3.84. The molecular formula is C14H20F3N3. The summed E-state index contributed by atoms with van der Waals surface area (Å²) in [5.41, 5.74) is 6.04. The van der Waals surface area contributed by atoms with E-state index in [9.17, 15) is 13.2 Å². The molecule has 112 valence electrons. The highest BCUT2D eigenvalue weighted by molar-refractivity contribution is 5.49. The van der Waals surface area contributed by atoms with Crippen LogP contribution in [0.4, 0.5) is 18.9 Å². The number of likely N-dealkylation sites (N-methyl/N-ethyl adjacent to an activating group) is 1. The number of rotatable bonds is 3. The number of hydrogen-bond donors (Lipinski definition) is 1. The minimum absolute atomic E-state index is 0.216. The molecule has 3 nitrogen and oxygen atoms in total. The van der Waals surface area contributed by atoms with Gasteiger partial charge in [-0.3, -0.25) is 4.90 Å². The normalized spacial score (nSPS) is 20.8. The quantitative estimate of drug-likeness (QED) is 0.867. The Labute approximate surface area is 117 Å². The van der Waals surface area contributed by atoms with E-state index >= 15 is 0 Å². The highest BCUT2D eigenvalue weighted by atomic mass is 19.4. The summed E-state index contributed by atoms with van der Waals surface area (Å²) >= 11 is 0. The van der Waals surface area contributed by atoms with Gasteiger partial charge in [0, 0.05) is 31.4 Å². The van der Waals surface area contributed by atoms with Crippen molar-refractivity contribution in [3.8, 4) is 0 Å². The Morgan fingerprint density at radius 1 is 1.35 bits per heavy atom. The summed E-state index contributed by atoms with van der Waals surface area (Å²) in [6.45, 7) is 2.48. The molecule has 1 saturated heterocycles. The first-order valence-corrected chi connectivity index (χ1v) is 6.62. The van der Waals surface area contributed by atoms with Crippen LogP contribution in [-0.2, 0) is 12.7 Å². The van der Waals surface area contributed by atoms with Crippen molar-refractivity contribution >= 4 is 5.69 Å². The van der Waals surface area contributed by atoms with Crippen LogP contribution >= 0.6 is 0 Å². The van der Waals surface area contributed by atoms with Gasteiger partial charge in [-0.2, -0.15) is 13.2 Å². The average Bonchev–Trinajstić information content (AvgIpc) is 2.79. The van der Waals surface area contributed by atoms with Crippen LogP contribution in [-0.4, -0.2) is 43.0 Å². The molecule has 0 saturated carbocycles. The molecule has 1 aromatic carbocycles. The average molecular weight is 287 g/mol. The molecule has 1 atom stereocenters. The minimum atomic E-state index is -4.34. The van der Waals surface area contributed by atoms with Crippen LogP contribution in [0, 0.1) is 0 Å². The van der Waals surface area contributed by atoms with Crippen molar-refractivity contribution in [1.82, 2.24) is 9.80 Å². The maximum absolute atomic E-state index is 12.6. The van der Waals surface area contributed by atoms with Crippen LogP contribution in [0.15, 0.2) is 18.2 Å². The second-order valence-electron chi connectivity index (χ2n) is 5.55. The van der Waals surface area contributed by atoms with Gasteiger partial charge in [0.05, 0.1) is 5.56 Å². The molecular weight excluding hydrogens is 267 g/mol. The van der Waals surface area contributed by atoms with Crippen LogP contribution < -0.4 is 5.73 Å². The van der Waals surface area contributed by atoms with E-state index in [4.69, 9.17) is 5.73 Å². The fraction of sp³-hybridized carbons (Fsp3) is 0.571. The number of halogens is 3. The number of benzene rings is 1. The van der Waals surface area contributed by atoms with Gasteiger partial charge in [-0.1, -0.05) is 6.07 Å². The highest BCUT2D eigenvalue weighted by Crippen LogP contribution is 2.31. The second kappa shape index (κ2) is 5.61. The fourth-order valence-corrected chi connectivity index (χ4v) is 2.53. The fourth-order valence-electron chi connectivity index (χ4n) is 2.53. The summed E-state index contributed by atoms with van der Waals surface area (Å²) in [4.78, 5) is 4.40. The van der Waals surface area contributed by atoms with Gasteiger partial charge >= 0.3 is 6.18 Å². The standard InChI is InChI=1S/C14H20F3N3/c1-19(2)12-5-6-20(9-12)8-10-3-4-11(7-13(10)18)14(15,16)17/h3-4,7,12H,5-6,8-9,18H2,1-2H3/t12-/m1/s1. The molecule has 2 N–H and O–H groups in total. The van der Waals surface area contributed by atoms with E-state index in [-0.39, 0.29) is 5.69 Å². The van der Waals surface area contributed by atoms with Gasteiger partial charge in [0.25, 0.3) is 0 Å². The Hall–Kier alpha value is -1.27. The van der Waals surface area contributed by atoms with Crippen molar-refractivity contribution < 1.29 is 13.2 Å². The lowest BCUT2D eigenvalue weighted by Crippen LogP contribution is -2.31. The number of likely N-dealkylation sites (tertiary alicyclic amines) is 1. The van der Waals surface area contributed by atoms with Crippen LogP contribution in [0.25, 0.3) is 0 Å². The molecule has 0 unspecified atom stereocenters. The second-order valence-corrected chi connectivity index (χ2v) is 5.55. The first-order valence-electron chi connectivity index (χ1n) is 6.62. The van der Waals surface area contributed by atoms with Crippen molar-refractivity contribution in [1.29, 1.82) is 0 Å². The molecule has 0 amide bonds. The first kappa shape index (κ1) is 15.1. The van der Waals surface area contributed by atoms with Crippen molar-refractivity contribution in [2.24, 2.45) is 0 Å². The maximum atomic E-state index is 12.6. The number of nitrogens with zero attached hydrogens (tertiary/aromatic N) is 2. The van der Waals surface area contributed by atoms with Crippen molar-refractivity contribution in [3.63, 3.8) is 0 Å². The van der Waals surface area contributed by atoms with Crippen LogP contribution in [0.5, 0.6) is 0 Å². The van der Waals surface area contributed by atoms with E-state index in [1.165, 1.54) is 6.07 Å². The number of alkyl halides is 3. The lowest BCUT2D eigenvalue weighted by Gasteiger charge is -2.21. The van der Waals surface area contributed by atoms with Crippen LogP contribution in [0.3, 0.4) is 0 Å². The van der Waals surface area contributed by atoms with E-state index < -0.39 is 11.7 Å². The minimum Gasteiger partial charge on any atom is -0.398 e. The smallest absolute Gasteiger partial charge is 0.398 e. The van der Waals surface area contributed by atoms with E-state index in [2.05, 4.69) is 9.80 Å². The zero-order valence-corrected chi connectivity index (χ0v) is 11.7. The zero-order chi connectivity index (χ0) is 14.9. The van der Waals surface area contributed by atoms with E-state index in [1.54, 1.807) is 0 Å². The third-order valence-corrected chi connectivity index (χ3v) is 3.84. The first-order chi connectivity index (χ1) is 9.27. The summed E-state index contributed by atoms with van der Waals surface area (Å²) in [5, 5.41) is 0. The molecule has 0 bridgehead atoms. The topological polar surface area (TPSA) is 32.5 Å². The lowest BCUT2D eigenvalue weighted by atomic mass is 10.1. The lowest BCUT2D eigenvalue weighted by molar-refractivity contribution is -0.137. The number of nitrogen functional groups attached to an aromatic ring is 1. The van der Waals surface area contributed by atoms with Gasteiger partial charge < -0.3 is 10.6 Å². The summed E-state index contributed by atoms with van der Waals surface area (Å²) in [5.74, 6) is 0. The Morgan fingerprint density at radius 3 is 2.55 bits per heavy atom. The molecule has 1 heterocycles. The Bertz CT molecular complexity index is 471. The van der Waals surface area contributed by atoms with E-state index in [0.717, 1.165) is 37.2 Å². The van der Waals surface area contributed by atoms with Crippen LogP contribution in [0.2, 0.25) is 0 Å². The summed E-state index contributed by atoms with van der Waals surface area (Å²) < 4.78 is 37.7. The summed E-state index contributed by atoms with van der Waals surface area (Å²) in [6.07, 6.45) is -3.26. The Balaban J connectivity index is 2.04. The molecule has 0 aliphatic carbocycles. The Morgan fingerprint density at radius 2 is 2.05 bits per heavy atom. The SMILES string of the molecule is CN(C)[C@@H]1CCN(Cc2ccc(C(F)(F)F)cc2N)C1. The van der Waals surface area contributed by atoms with Crippen LogP contribution in [0.1, 0.15) is 17.5 Å². The molecule has 2 rings (SSSR count). The maximum Gasteiger partial charge on any atom is 0.416 e. The van der Waals surface area contributed by atoms with E-state index in [0.29, 0.717) is 12.6 Å². The van der Waals surface area contributed by atoms with Crippen molar-refractivity contribution in [3.05, 3.63) is 29.3 Å². The van der Waals surface area contributed by atoms with Gasteiger partial charge in [-0.15, -0.1) is 0 Å². The van der Waals surface area contributed by atoms with Gasteiger partial charge in [0.1, 0.15) is 0 Å².